The first-order valence-electron chi connectivity index (χ1n) is 5.60. The Kier molecular flexibility index (Phi) is 3.61. The molecule has 0 bridgehead atoms. The van der Waals surface area contributed by atoms with Gasteiger partial charge in [-0.15, -0.1) is 0 Å². The molecule has 0 aromatic carbocycles. The molecule has 2 unspecified atom stereocenters. The van der Waals surface area contributed by atoms with Crippen molar-refractivity contribution in [3.05, 3.63) is 17.5 Å². The van der Waals surface area contributed by atoms with Gasteiger partial charge in [-0.25, -0.2) is 9.97 Å². The number of anilines is 1. The third-order valence-corrected chi connectivity index (χ3v) is 3.37. The van der Waals surface area contributed by atoms with Gasteiger partial charge < -0.3 is 10.2 Å². The second kappa shape index (κ2) is 4.97. The van der Waals surface area contributed by atoms with Crippen LogP contribution >= 0.6 is 11.6 Å². The highest BCUT2D eigenvalue weighted by Crippen LogP contribution is 2.19. The van der Waals surface area contributed by atoms with Crippen molar-refractivity contribution >= 4 is 17.4 Å². The normalized spacial score (nSPS) is 26.7. The van der Waals surface area contributed by atoms with Gasteiger partial charge in [0, 0.05) is 24.8 Å². The summed E-state index contributed by atoms with van der Waals surface area (Å²) >= 11 is 5.74. The van der Waals surface area contributed by atoms with Gasteiger partial charge in [0.15, 0.2) is 0 Å². The van der Waals surface area contributed by atoms with Crippen molar-refractivity contribution in [2.75, 3.05) is 18.9 Å². The first kappa shape index (κ1) is 11.6. The molecule has 1 saturated heterocycles. The number of halogens is 1. The van der Waals surface area contributed by atoms with Crippen molar-refractivity contribution in [1.82, 2.24) is 14.9 Å². The van der Waals surface area contributed by atoms with E-state index in [1.165, 1.54) is 0 Å². The van der Waals surface area contributed by atoms with Crippen LogP contribution in [0.15, 0.2) is 12.3 Å². The maximum atomic E-state index is 5.74. The zero-order chi connectivity index (χ0) is 11.5. The molecule has 2 rings (SSSR count). The third kappa shape index (κ3) is 2.83. The second-order valence-electron chi connectivity index (χ2n) is 4.41. The van der Waals surface area contributed by atoms with E-state index in [0.29, 0.717) is 17.4 Å². The Morgan fingerprint density at radius 1 is 1.56 bits per heavy atom. The minimum atomic E-state index is 0.297. The summed E-state index contributed by atoms with van der Waals surface area (Å²) in [6.07, 6.45) is 3.95. The van der Waals surface area contributed by atoms with Gasteiger partial charge in [0.05, 0.1) is 0 Å². The lowest BCUT2D eigenvalue weighted by atomic mass is 9.99. The molecule has 16 heavy (non-hydrogen) atoms. The lowest BCUT2D eigenvalue weighted by molar-refractivity contribution is 0.190. The summed E-state index contributed by atoms with van der Waals surface area (Å²) in [5.74, 6) is 0.821. The van der Waals surface area contributed by atoms with E-state index < -0.39 is 0 Å². The molecular formula is C11H17ClN4. The van der Waals surface area contributed by atoms with Gasteiger partial charge in [0.25, 0.3) is 0 Å². The Labute approximate surface area is 101 Å². The lowest BCUT2D eigenvalue weighted by Gasteiger charge is -2.35. The maximum absolute atomic E-state index is 5.74. The van der Waals surface area contributed by atoms with E-state index in [2.05, 4.69) is 34.2 Å². The Morgan fingerprint density at radius 3 is 3.06 bits per heavy atom. The van der Waals surface area contributed by atoms with Crippen LogP contribution in [-0.2, 0) is 0 Å². The quantitative estimate of drug-likeness (QED) is 0.804. The molecule has 0 amide bonds. The van der Waals surface area contributed by atoms with Gasteiger partial charge in [-0.1, -0.05) is 0 Å². The van der Waals surface area contributed by atoms with E-state index in [0.717, 1.165) is 25.2 Å². The minimum absolute atomic E-state index is 0.297. The Bertz CT molecular complexity index is 358. The van der Waals surface area contributed by atoms with Crippen molar-refractivity contribution in [1.29, 1.82) is 0 Å². The van der Waals surface area contributed by atoms with Crippen LogP contribution in [0.5, 0.6) is 0 Å². The van der Waals surface area contributed by atoms with Crippen LogP contribution in [0.25, 0.3) is 0 Å². The summed E-state index contributed by atoms with van der Waals surface area (Å²) in [4.78, 5) is 10.4. The number of likely N-dealkylation sites (tertiary alicyclic amines) is 1. The molecule has 1 aromatic heterocycles. The predicted molar refractivity (Wildman–Crippen MR) is 65.8 cm³/mol. The summed E-state index contributed by atoms with van der Waals surface area (Å²) in [5.41, 5.74) is 0. The Hall–Kier alpha value is -0.870. The van der Waals surface area contributed by atoms with Gasteiger partial charge in [-0.3, -0.25) is 0 Å². The van der Waals surface area contributed by atoms with Gasteiger partial charge in [0.2, 0.25) is 5.28 Å². The number of nitrogens with one attached hydrogen (secondary N) is 1. The molecule has 0 radical (unpaired) electrons. The van der Waals surface area contributed by atoms with E-state index in [1.807, 2.05) is 6.07 Å². The van der Waals surface area contributed by atoms with Gasteiger partial charge >= 0.3 is 0 Å². The number of hydrogen-bond acceptors (Lipinski definition) is 4. The molecule has 1 aromatic rings. The third-order valence-electron chi connectivity index (χ3n) is 3.19. The molecule has 1 N–H and O–H groups in total. The van der Waals surface area contributed by atoms with E-state index in [9.17, 15) is 0 Å². The Morgan fingerprint density at radius 2 is 2.38 bits per heavy atom. The highest BCUT2D eigenvalue weighted by Gasteiger charge is 2.22. The maximum Gasteiger partial charge on any atom is 0.224 e. The highest BCUT2D eigenvalue weighted by molar-refractivity contribution is 6.28. The van der Waals surface area contributed by atoms with E-state index in [4.69, 9.17) is 11.6 Å². The van der Waals surface area contributed by atoms with Crippen LogP contribution in [-0.4, -0.2) is 40.5 Å². The van der Waals surface area contributed by atoms with Crippen molar-refractivity contribution in [3.8, 4) is 0 Å². The number of piperidine rings is 1. The fraction of sp³-hybridized carbons (Fsp3) is 0.636. The summed E-state index contributed by atoms with van der Waals surface area (Å²) in [5, 5.41) is 3.71. The topological polar surface area (TPSA) is 41.1 Å². The van der Waals surface area contributed by atoms with Crippen molar-refractivity contribution in [2.24, 2.45) is 0 Å². The summed E-state index contributed by atoms with van der Waals surface area (Å²) < 4.78 is 0. The van der Waals surface area contributed by atoms with Crippen LogP contribution in [0.1, 0.15) is 19.8 Å². The van der Waals surface area contributed by atoms with Crippen molar-refractivity contribution in [2.45, 2.75) is 31.8 Å². The summed E-state index contributed by atoms with van der Waals surface area (Å²) in [6, 6.07) is 2.95. The number of nitrogens with zero attached hydrogens (tertiary/aromatic N) is 3. The highest BCUT2D eigenvalue weighted by atomic mass is 35.5. The van der Waals surface area contributed by atoms with Crippen LogP contribution in [0.3, 0.4) is 0 Å². The Balaban J connectivity index is 1.95. The fourth-order valence-corrected chi connectivity index (χ4v) is 2.19. The molecule has 88 valence electrons. The molecule has 1 fully saturated rings. The SMILES string of the molecule is CC1CC(Nc2ccnc(Cl)n2)CCN1C. The van der Waals surface area contributed by atoms with Crippen LogP contribution < -0.4 is 5.32 Å². The smallest absolute Gasteiger partial charge is 0.224 e. The molecule has 5 heteroatoms. The summed E-state index contributed by atoms with van der Waals surface area (Å²) in [7, 11) is 2.17. The van der Waals surface area contributed by atoms with E-state index in [1.54, 1.807) is 6.20 Å². The number of aromatic nitrogens is 2. The lowest BCUT2D eigenvalue weighted by Crippen LogP contribution is -2.42. The number of rotatable bonds is 2. The zero-order valence-electron chi connectivity index (χ0n) is 9.65. The molecule has 4 nitrogen and oxygen atoms in total. The molecule has 0 saturated carbocycles. The fourth-order valence-electron chi connectivity index (χ4n) is 2.04. The van der Waals surface area contributed by atoms with Crippen molar-refractivity contribution in [3.63, 3.8) is 0 Å². The predicted octanol–water partition coefficient (Wildman–Crippen LogP) is 2.02. The standard InChI is InChI=1S/C11H17ClN4/c1-8-7-9(4-6-16(8)2)14-10-3-5-13-11(12)15-10/h3,5,8-9H,4,6-7H2,1-2H3,(H,13,14,15). The largest absolute Gasteiger partial charge is 0.367 e. The van der Waals surface area contributed by atoms with Gasteiger partial charge in [0.1, 0.15) is 5.82 Å². The van der Waals surface area contributed by atoms with E-state index >= 15 is 0 Å². The monoisotopic (exact) mass is 240 g/mol. The second-order valence-corrected chi connectivity index (χ2v) is 4.74. The molecule has 2 heterocycles. The number of hydrogen-bond donors (Lipinski definition) is 1. The molecule has 1 aliphatic rings. The zero-order valence-corrected chi connectivity index (χ0v) is 10.4. The molecule has 0 spiro atoms. The molecule has 0 aliphatic carbocycles. The average Bonchev–Trinajstić information content (AvgIpc) is 2.24. The molecular weight excluding hydrogens is 224 g/mol. The first-order chi connectivity index (χ1) is 7.65. The molecule has 1 aliphatic heterocycles. The van der Waals surface area contributed by atoms with Crippen molar-refractivity contribution < 1.29 is 0 Å². The average molecular weight is 241 g/mol. The van der Waals surface area contributed by atoms with Crippen LogP contribution in [0.2, 0.25) is 5.28 Å². The van der Waals surface area contributed by atoms with Crippen LogP contribution in [0.4, 0.5) is 5.82 Å². The minimum Gasteiger partial charge on any atom is -0.367 e. The van der Waals surface area contributed by atoms with E-state index in [-0.39, 0.29) is 0 Å². The van der Waals surface area contributed by atoms with Gasteiger partial charge in [-0.05, 0) is 44.5 Å². The van der Waals surface area contributed by atoms with Gasteiger partial charge in [-0.2, -0.15) is 0 Å². The summed E-state index contributed by atoms with van der Waals surface area (Å²) in [6.45, 7) is 3.37. The molecule has 2 atom stereocenters. The first-order valence-corrected chi connectivity index (χ1v) is 5.98. The van der Waals surface area contributed by atoms with Crippen LogP contribution in [0, 0.1) is 0 Å².